The molecule has 25 heavy (non-hydrogen) atoms. The van der Waals surface area contributed by atoms with Crippen LogP contribution < -0.4 is 5.32 Å². The van der Waals surface area contributed by atoms with Crippen molar-refractivity contribution in [1.82, 2.24) is 10.3 Å². The van der Waals surface area contributed by atoms with Crippen LogP contribution in [0, 0.1) is 18.3 Å². The maximum absolute atomic E-state index is 12.5. The van der Waals surface area contributed by atoms with Crippen molar-refractivity contribution in [3.8, 4) is 6.07 Å². The second-order valence-electron chi connectivity index (χ2n) is 5.98. The summed E-state index contributed by atoms with van der Waals surface area (Å²) in [6, 6.07) is 19.4. The number of fused-ring (bicyclic) bond motifs is 1. The summed E-state index contributed by atoms with van der Waals surface area (Å²) in [6.07, 6.45) is 1.65. The number of carbonyl (C=O) groups is 1. The molecule has 124 valence electrons. The molecule has 0 radical (unpaired) electrons. The third-order valence-electron chi connectivity index (χ3n) is 4.24. The number of hydrogen-bond donors (Lipinski definition) is 2. The first-order valence-corrected chi connectivity index (χ1v) is 8.15. The molecule has 2 N–H and O–H groups in total. The van der Waals surface area contributed by atoms with Gasteiger partial charge in [0.15, 0.2) is 0 Å². The van der Waals surface area contributed by atoms with E-state index in [1.54, 1.807) is 6.08 Å². The number of hydrogen-bond acceptors (Lipinski definition) is 2. The normalized spacial score (nSPS) is 12.6. The van der Waals surface area contributed by atoms with Gasteiger partial charge in [0.1, 0.15) is 11.6 Å². The zero-order chi connectivity index (χ0) is 17.8. The van der Waals surface area contributed by atoms with Crippen molar-refractivity contribution in [3.63, 3.8) is 0 Å². The van der Waals surface area contributed by atoms with Gasteiger partial charge in [-0.15, -0.1) is 0 Å². The van der Waals surface area contributed by atoms with Crippen molar-refractivity contribution in [3.05, 3.63) is 77.0 Å². The van der Waals surface area contributed by atoms with E-state index in [9.17, 15) is 10.1 Å². The fourth-order valence-corrected chi connectivity index (χ4v) is 2.88. The molecule has 0 fully saturated rings. The van der Waals surface area contributed by atoms with Crippen molar-refractivity contribution in [2.24, 2.45) is 0 Å². The Morgan fingerprint density at radius 1 is 1.16 bits per heavy atom. The minimum atomic E-state index is -0.372. The lowest BCUT2D eigenvalue weighted by Crippen LogP contribution is -2.27. The molecule has 0 saturated carbocycles. The molecule has 0 spiro atoms. The molecule has 0 aliphatic rings. The fourth-order valence-electron chi connectivity index (χ4n) is 2.88. The Balaban J connectivity index is 1.89. The number of carbonyl (C=O) groups excluding carboxylic acids is 1. The Hall–Kier alpha value is -3.32. The highest BCUT2D eigenvalue weighted by molar-refractivity contribution is 6.04. The van der Waals surface area contributed by atoms with Gasteiger partial charge >= 0.3 is 0 Å². The number of nitrogens with one attached hydrogen (secondary N) is 2. The molecule has 1 atom stereocenters. The summed E-state index contributed by atoms with van der Waals surface area (Å²) in [5.41, 5.74) is 3.88. The maximum Gasteiger partial charge on any atom is 0.262 e. The molecule has 4 nitrogen and oxygen atoms in total. The van der Waals surface area contributed by atoms with Crippen molar-refractivity contribution < 1.29 is 4.79 Å². The topological polar surface area (TPSA) is 68.7 Å². The minimum Gasteiger partial charge on any atom is -0.358 e. The van der Waals surface area contributed by atoms with E-state index in [0.29, 0.717) is 0 Å². The molecule has 0 aliphatic carbocycles. The average molecular weight is 329 g/mol. The summed E-state index contributed by atoms with van der Waals surface area (Å²) in [4.78, 5) is 15.8. The smallest absolute Gasteiger partial charge is 0.262 e. The molecule has 0 unspecified atom stereocenters. The van der Waals surface area contributed by atoms with Crippen LogP contribution in [-0.2, 0) is 4.79 Å². The summed E-state index contributed by atoms with van der Waals surface area (Å²) in [6.45, 7) is 3.84. The number of rotatable bonds is 4. The molecule has 3 aromatic rings. The van der Waals surface area contributed by atoms with Crippen LogP contribution in [0.25, 0.3) is 17.0 Å². The number of nitriles is 1. The van der Waals surface area contributed by atoms with Crippen molar-refractivity contribution in [2.45, 2.75) is 19.9 Å². The molecule has 3 rings (SSSR count). The number of H-pyrrole nitrogens is 1. The van der Waals surface area contributed by atoms with Crippen molar-refractivity contribution >= 4 is 22.9 Å². The van der Waals surface area contributed by atoms with Gasteiger partial charge in [0.25, 0.3) is 5.91 Å². The third kappa shape index (κ3) is 3.46. The summed E-state index contributed by atoms with van der Waals surface area (Å²) >= 11 is 0. The van der Waals surface area contributed by atoms with Gasteiger partial charge in [0.2, 0.25) is 0 Å². The van der Waals surface area contributed by atoms with Gasteiger partial charge in [0.05, 0.1) is 6.04 Å². The average Bonchev–Trinajstić information content (AvgIpc) is 2.95. The Labute approximate surface area is 146 Å². The van der Waals surface area contributed by atoms with Gasteiger partial charge in [-0.2, -0.15) is 5.26 Å². The number of aryl methyl sites for hydroxylation is 1. The van der Waals surface area contributed by atoms with Crippen LogP contribution in [0.1, 0.15) is 29.8 Å². The zero-order valence-electron chi connectivity index (χ0n) is 14.2. The van der Waals surface area contributed by atoms with Crippen LogP contribution in [0.4, 0.5) is 0 Å². The van der Waals surface area contributed by atoms with Crippen LogP contribution in [0.3, 0.4) is 0 Å². The van der Waals surface area contributed by atoms with E-state index in [1.807, 2.05) is 74.5 Å². The van der Waals surface area contributed by atoms with E-state index < -0.39 is 0 Å². The Morgan fingerprint density at radius 3 is 2.56 bits per heavy atom. The maximum atomic E-state index is 12.5. The van der Waals surface area contributed by atoms with E-state index in [-0.39, 0.29) is 17.5 Å². The van der Waals surface area contributed by atoms with E-state index in [2.05, 4.69) is 10.3 Å². The predicted molar refractivity (Wildman–Crippen MR) is 99.6 cm³/mol. The highest BCUT2D eigenvalue weighted by Gasteiger charge is 2.15. The molecule has 0 saturated heterocycles. The van der Waals surface area contributed by atoms with Gasteiger partial charge in [-0.05, 0) is 31.6 Å². The summed E-state index contributed by atoms with van der Waals surface area (Å²) in [5.74, 6) is -0.372. The van der Waals surface area contributed by atoms with Gasteiger partial charge in [-0.1, -0.05) is 48.5 Å². The van der Waals surface area contributed by atoms with Gasteiger partial charge in [0, 0.05) is 22.2 Å². The van der Waals surface area contributed by atoms with E-state index in [1.165, 1.54) is 0 Å². The lowest BCUT2D eigenvalue weighted by Gasteiger charge is -2.13. The predicted octanol–water partition coefficient (Wildman–Crippen LogP) is 4.26. The third-order valence-corrected chi connectivity index (χ3v) is 4.24. The van der Waals surface area contributed by atoms with E-state index >= 15 is 0 Å². The highest BCUT2D eigenvalue weighted by Crippen LogP contribution is 2.24. The zero-order valence-corrected chi connectivity index (χ0v) is 14.2. The molecule has 1 amide bonds. The highest BCUT2D eigenvalue weighted by atomic mass is 16.1. The molecular weight excluding hydrogens is 310 g/mol. The largest absolute Gasteiger partial charge is 0.358 e. The minimum absolute atomic E-state index is 0.0932. The summed E-state index contributed by atoms with van der Waals surface area (Å²) in [5, 5.41) is 13.3. The van der Waals surface area contributed by atoms with Gasteiger partial charge in [-0.3, -0.25) is 4.79 Å². The van der Waals surface area contributed by atoms with Crippen LogP contribution in [0.5, 0.6) is 0 Å². The number of para-hydroxylation sites is 1. The molecular formula is C21H19N3O. The number of aromatic amines is 1. The standard InChI is InChI=1S/C21H19N3O/c1-14(16-8-4-3-5-9-16)24-21(25)17(13-22)12-19-15(2)23-20-11-7-6-10-18(19)20/h3-12,14,23H,1-2H3,(H,24,25)/b17-12+/t14-/m1/s1. The summed E-state index contributed by atoms with van der Waals surface area (Å²) in [7, 11) is 0. The number of amides is 1. The first-order valence-electron chi connectivity index (χ1n) is 8.15. The van der Waals surface area contributed by atoms with Gasteiger partial charge in [-0.25, -0.2) is 0 Å². The number of aromatic nitrogens is 1. The molecule has 0 bridgehead atoms. The summed E-state index contributed by atoms with van der Waals surface area (Å²) < 4.78 is 0. The quantitative estimate of drug-likeness (QED) is 0.554. The van der Waals surface area contributed by atoms with Gasteiger partial charge < -0.3 is 10.3 Å². The van der Waals surface area contributed by atoms with Crippen LogP contribution >= 0.6 is 0 Å². The number of benzene rings is 2. The molecule has 1 heterocycles. The van der Waals surface area contributed by atoms with Crippen LogP contribution in [-0.4, -0.2) is 10.9 Å². The lowest BCUT2D eigenvalue weighted by molar-refractivity contribution is -0.117. The van der Waals surface area contributed by atoms with Crippen molar-refractivity contribution in [2.75, 3.05) is 0 Å². The lowest BCUT2D eigenvalue weighted by atomic mass is 10.1. The second kappa shape index (κ2) is 7.06. The molecule has 4 heteroatoms. The monoisotopic (exact) mass is 329 g/mol. The van der Waals surface area contributed by atoms with Crippen LogP contribution in [0.2, 0.25) is 0 Å². The molecule has 1 aromatic heterocycles. The van der Waals surface area contributed by atoms with Crippen LogP contribution in [0.15, 0.2) is 60.2 Å². The van der Waals surface area contributed by atoms with E-state index in [0.717, 1.165) is 27.7 Å². The Bertz CT molecular complexity index is 977. The first kappa shape index (κ1) is 16.5. The Kier molecular flexibility index (Phi) is 4.67. The first-order chi connectivity index (χ1) is 12.1. The Morgan fingerprint density at radius 2 is 1.84 bits per heavy atom. The number of nitrogens with zero attached hydrogens (tertiary/aromatic N) is 1. The SMILES string of the molecule is Cc1[nH]c2ccccc2c1/C=C(\C#N)C(=O)N[C@H](C)c1ccccc1. The van der Waals surface area contributed by atoms with Crippen molar-refractivity contribution in [1.29, 1.82) is 5.26 Å². The molecule has 2 aromatic carbocycles. The second-order valence-corrected chi connectivity index (χ2v) is 5.98. The fraction of sp³-hybridized carbons (Fsp3) is 0.143. The molecule has 0 aliphatic heterocycles. The van der Waals surface area contributed by atoms with E-state index in [4.69, 9.17) is 0 Å².